The van der Waals surface area contributed by atoms with Crippen LogP contribution in [0.1, 0.15) is 12.5 Å². The monoisotopic (exact) mass is 296 g/mol. The summed E-state index contributed by atoms with van der Waals surface area (Å²) in [5, 5.41) is 6.17. The molecule has 1 saturated heterocycles. The SMILES string of the molecule is CCSc1ccc(CCNC(=O)C2CSCN2)cc1. The molecule has 1 aliphatic rings. The van der Waals surface area contributed by atoms with Crippen molar-refractivity contribution in [2.75, 3.05) is 23.9 Å². The normalized spacial score (nSPS) is 18.5. The van der Waals surface area contributed by atoms with Gasteiger partial charge in [-0.2, -0.15) is 0 Å². The van der Waals surface area contributed by atoms with Crippen molar-refractivity contribution in [3.63, 3.8) is 0 Å². The second-order valence-corrected chi connectivity index (χ2v) is 6.76. The van der Waals surface area contributed by atoms with Gasteiger partial charge >= 0.3 is 0 Å². The predicted octanol–water partition coefficient (Wildman–Crippen LogP) is 2.12. The van der Waals surface area contributed by atoms with Gasteiger partial charge in [-0.05, 0) is 29.9 Å². The van der Waals surface area contributed by atoms with Crippen LogP contribution in [0.5, 0.6) is 0 Å². The molecule has 19 heavy (non-hydrogen) atoms. The molecule has 0 bridgehead atoms. The number of rotatable bonds is 6. The maximum atomic E-state index is 11.8. The molecule has 0 aliphatic carbocycles. The van der Waals surface area contributed by atoms with Crippen molar-refractivity contribution in [3.8, 4) is 0 Å². The van der Waals surface area contributed by atoms with E-state index < -0.39 is 0 Å². The second-order valence-electron chi connectivity index (χ2n) is 4.39. The van der Waals surface area contributed by atoms with Crippen molar-refractivity contribution in [1.82, 2.24) is 10.6 Å². The number of thioether (sulfide) groups is 2. The molecule has 0 aromatic heterocycles. The average Bonchev–Trinajstić information content (AvgIpc) is 2.95. The van der Waals surface area contributed by atoms with Crippen molar-refractivity contribution in [3.05, 3.63) is 29.8 Å². The maximum absolute atomic E-state index is 11.8. The number of benzene rings is 1. The van der Waals surface area contributed by atoms with Crippen molar-refractivity contribution < 1.29 is 4.79 Å². The third-order valence-corrected chi connectivity index (χ3v) is 4.81. The van der Waals surface area contributed by atoms with Crippen LogP contribution in [-0.2, 0) is 11.2 Å². The van der Waals surface area contributed by atoms with Crippen LogP contribution in [0.15, 0.2) is 29.2 Å². The lowest BCUT2D eigenvalue weighted by atomic mass is 10.1. The number of nitrogens with one attached hydrogen (secondary N) is 2. The third kappa shape index (κ3) is 4.75. The van der Waals surface area contributed by atoms with E-state index in [0.29, 0.717) is 6.54 Å². The van der Waals surface area contributed by atoms with Gasteiger partial charge in [-0.3, -0.25) is 10.1 Å². The molecule has 0 saturated carbocycles. The molecule has 1 aromatic rings. The largest absolute Gasteiger partial charge is 0.354 e. The van der Waals surface area contributed by atoms with Crippen LogP contribution < -0.4 is 10.6 Å². The smallest absolute Gasteiger partial charge is 0.238 e. The maximum Gasteiger partial charge on any atom is 0.238 e. The molecule has 0 spiro atoms. The zero-order valence-corrected chi connectivity index (χ0v) is 12.8. The van der Waals surface area contributed by atoms with E-state index in [4.69, 9.17) is 0 Å². The zero-order chi connectivity index (χ0) is 13.5. The standard InChI is InChI=1S/C14H20N2OS2/c1-2-19-12-5-3-11(4-6-12)7-8-15-14(17)13-9-18-10-16-13/h3-6,13,16H,2,7-10H2,1H3,(H,15,17). The van der Waals surface area contributed by atoms with Crippen molar-refractivity contribution in [2.24, 2.45) is 0 Å². The van der Waals surface area contributed by atoms with Gasteiger partial charge in [0.15, 0.2) is 0 Å². The van der Waals surface area contributed by atoms with Crippen LogP contribution in [0.4, 0.5) is 0 Å². The highest BCUT2D eigenvalue weighted by atomic mass is 32.2. The highest BCUT2D eigenvalue weighted by Gasteiger charge is 2.21. The summed E-state index contributed by atoms with van der Waals surface area (Å²) in [6, 6.07) is 8.59. The van der Waals surface area contributed by atoms with Crippen LogP contribution in [0.25, 0.3) is 0 Å². The fourth-order valence-electron chi connectivity index (χ4n) is 1.94. The van der Waals surface area contributed by atoms with Gasteiger partial charge in [-0.25, -0.2) is 0 Å². The highest BCUT2D eigenvalue weighted by molar-refractivity contribution is 7.99. The van der Waals surface area contributed by atoms with Gasteiger partial charge in [0.2, 0.25) is 5.91 Å². The summed E-state index contributed by atoms with van der Waals surface area (Å²) in [4.78, 5) is 13.1. The first-order valence-electron chi connectivity index (χ1n) is 6.60. The molecule has 1 heterocycles. The lowest BCUT2D eigenvalue weighted by molar-refractivity contribution is -0.122. The first-order chi connectivity index (χ1) is 9.29. The number of hydrogen-bond donors (Lipinski definition) is 2. The summed E-state index contributed by atoms with van der Waals surface area (Å²) >= 11 is 3.62. The fourth-order valence-corrected chi connectivity index (χ4v) is 3.54. The first-order valence-corrected chi connectivity index (χ1v) is 8.74. The topological polar surface area (TPSA) is 41.1 Å². The van der Waals surface area contributed by atoms with E-state index >= 15 is 0 Å². The van der Waals surface area contributed by atoms with Crippen LogP contribution in [0.2, 0.25) is 0 Å². The average molecular weight is 296 g/mol. The first kappa shape index (κ1) is 14.8. The van der Waals surface area contributed by atoms with Gasteiger partial charge in [0.05, 0.1) is 6.04 Å². The Labute approximate surface area is 123 Å². The number of hydrogen-bond acceptors (Lipinski definition) is 4. The molecule has 1 aliphatic heterocycles. The molecule has 1 aromatic carbocycles. The number of carbonyl (C=O) groups is 1. The van der Waals surface area contributed by atoms with E-state index in [0.717, 1.165) is 23.8 Å². The Balaban J connectivity index is 1.71. The van der Waals surface area contributed by atoms with Gasteiger partial charge in [-0.15, -0.1) is 23.5 Å². The molecule has 104 valence electrons. The van der Waals surface area contributed by atoms with E-state index in [1.165, 1.54) is 10.5 Å². The lowest BCUT2D eigenvalue weighted by Gasteiger charge is -2.10. The molecular weight excluding hydrogens is 276 g/mol. The summed E-state index contributed by atoms with van der Waals surface area (Å²) in [5.74, 6) is 2.99. The van der Waals surface area contributed by atoms with Gasteiger partial charge in [0.25, 0.3) is 0 Å². The van der Waals surface area contributed by atoms with E-state index in [1.807, 2.05) is 11.8 Å². The Kier molecular flexibility index (Phi) is 6.07. The van der Waals surface area contributed by atoms with E-state index in [1.54, 1.807) is 11.8 Å². The summed E-state index contributed by atoms with van der Waals surface area (Å²) in [6.07, 6.45) is 0.892. The quantitative estimate of drug-likeness (QED) is 0.789. The van der Waals surface area contributed by atoms with Gasteiger partial charge < -0.3 is 5.32 Å². The van der Waals surface area contributed by atoms with Crippen LogP contribution in [0.3, 0.4) is 0 Å². The van der Waals surface area contributed by atoms with Crippen LogP contribution >= 0.6 is 23.5 Å². The van der Waals surface area contributed by atoms with E-state index in [-0.39, 0.29) is 11.9 Å². The Hall–Kier alpha value is -0.650. The zero-order valence-electron chi connectivity index (χ0n) is 11.1. The molecule has 1 unspecified atom stereocenters. The van der Waals surface area contributed by atoms with E-state index in [2.05, 4.69) is 41.8 Å². The predicted molar refractivity (Wildman–Crippen MR) is 83.8 cm³/mol. The second kappa shape index (κ2) is 7.82. The molecule has 0 radical (unpaired) electrons. The van der Waals surface area contributed by atoms with Crippen LogP contribution in [-0.4, -0.2) is 35.9 Å². The van der Waals surface area contributed by atoms with Gasteiger partial charge in [-0.1, -0.05) is 19.1 Å². The molecule has 2 rings (SSSR count). The molecule has 2 N–H and O–H groups in total. The van der Waals surface area contributed by atoms with Crippen molar-refractivity contribution in [1.29, 1.82) is 0 Å². The van der Waals surface area contributed by atoms with E-state index in [9.17, 15) is 4.79 Å². The minimum Gasteiger partial charge on any atom is -0.354 e. The molecule has 1 atom stereocenters. The summed E-state index contributed by atoms with van der Waals surface area (Å²) in [5.41, 5.74) is 1.27. The Morgan fingerprint density at radius 2 is 2.26 bits per heavy atom. The Morgan fingerprint density at radius 3 is 2.89 bits per heavy atom. The number of carbonyl (C=O) groups excluding carboxylic acids is 1. The lowest BCUT2D eigenvalue weighted by Crippen LogP contribution is -2.42. The Bertz CT molecular complexity index is 402. The van der Waals surface area contributed by atoms with Gasteiger partial charge in [0, 0.05) is 23.1 Å². The third-order valence-electron chi connectivity index (χ3n) is 2.98. The van der Waals surface area contributed by atoms with Gasteiger partial charge in [0.1, 0.15) is 0 Å². The fraction of sp³-hybridized carbons (Fsp3) is 0.500. The summed E-state index contributed by atoms with van der Waals surface area (Å²) in [6.45, 7) is 2.87. The minimum absolute atomic E-state index is 0.00618. The minimum atomic E-state index is -0.00618. The highest BCUT2D eigenvalue weighted by Crippen LogP contribution is 2.17. The molecule has 1 fully saturated rings. The summed E-state index contributed by atoms with van der Waals surface area (Å²) in [7, 11) is 0. The molecule has 1 amide bonds. The summed E-state index contributed by atoms with van der Waals surface area (Å²) < 4.78 is 0. The van der Waals surface area contributed by atoms with Crippen molar-refractivity contribution >= 4 is 29.4 Å². The molecule has 3 nitrogen and oxygen atoms in total. The number of amides is 1. The van der Waals surface area contributed by atoms with Crippen LogP contribution in [0, 0.1) is 0 Å². The van der Waals surface area contributed by atoms with Crippen molar-refractivity contribution in [2.45, 2.75) is 24.3 Å². The Morgan fingerprint density at radius 1 is 1.47 bits per heavy atom. The molecular formula is C14H20N2OS2. The molecule has 5 heteroatoms.